The molecule has 1 atom stereocenters. The number of ether oxygens (including phenoxy) is 1. The van der Waals surface area contributed by atoms with Gasteiger partial charge in [0, 0.05) is 36.8 Å². The van der Waals surface area contributed by atoms with Crippen LogP contribution < -0.4 is 5.32 Å². The van der Waals surface area contributed by atoms with E-state index in [0.717, 1.165) is 29.3 Å². The Morgan fingerprint density at radius 1 is 1.38 bits per heavy atom. The molecule has 1 aliphatic heterocycles. The van der Waals surface area contributed by atoms with E-state index < -0.39 is 0 Å². The van der Waals surface area contributed by atoms with E-state index >= 15 is 0 Å². The average molecular weight is 286 g/mol. The number of carbonyl (C=O) groups is 1. The van der Waals surface area contributed by atoms with Gasteiger partial charge in [-0.1, -0.05) is 18.2 Å². The topological polar surface area (TPSA) is 43.3 Å². The van der Waals surface area contributed by atoms with Crippen LogP contribution in [-0.4, -0.2) is 28.7 Å². The van der Waals surface area contributed by atoms with Gasteiger partial charge in [-0.05, 0) is 32.8 Å². The number of nitrogens with zero attached hydrogens (tertiary/aromatic N) is 1. The Bertz CT molecular complexity index is 672. The van der Waals surface area contributed by atoms with Crippen molar-refractivity contribution in [2.45, 2.75) is 38.3 Å². The number of aromatic nitrogens is 1. The monoisotopic (exact) mass is 286 g/mol. The average Bonchev–Trinajstić information content (AvgIpc) is 2.76. The molecule has 1 amide bonds. The maximum absolute atomic E-state index is 12.6. The number of para-hydroxylation sites is 1. The van der Waals surface area contributed by atoms with Gasteiger partial charge in [0.1, 0.15) is 0 Å². The standard InChI is InChI=1S/C17H22N2O2/c1-17(2)10-12(8-9-21-17)18-16(20)14-11-19(3)15-7-5-4-6-13(14)15/h4-7,11-12H,8-10H2,1-3H3,(H,18,20)/t12-/m0/s1. The summed E-state index contributed by atoms with van der Waals surface area (Å²) in [6.07, 6.45) is 3.63. The lowest BCUT2D eigenvalue weighted by atomic mass is 9.94. The lowest BCUT2D eigenvalue weighted by molar-refractivity contribution is -0.0615. The van der Waals surface area contributed by atoms with E-state index in [1.165, 1.54) is 0 Å². The maximum Gasteiger partial charge on any atom is 0.253 e. The van der Waals surface area contributed by atoms with Gasteiger partial charge in [0.2, 0.25) is 0 Å². The molecule has 1 aliphatic rings. The third kappa shape index (κ3) is 2.81. The molecule has 0 unspecified atom stereocenters. The van der Waals surface area contributed by atoms with Crippen molar-refractivity contribution in [2.24, 2.45) is 7.05 Å². The Balaban J connectivity index is 1.81. The highest BCUT2D eigenvalue weighted by Gasteiger charge is 2.30. The number of amides is 1. The molecule has 0 saturated carbocycles. The maximum atomic E-state index is 12.6. The Labute approximate surface area is 125 Å². The molecule has 21 heavy (non-hydrogen) atoms. The van der Waals surface area contributed by atoms with Crippen molar-refractivity contribution in [1.82, 2.24) is 9.88 Å². The van der Waals surface area contributed by atoms with Crippen molar-refractivity contribution in [3.63, 3.8) is 0 Å². The molecule has 4 nitrogen and oxygen atoms in total. The molecule has 1 aromatic carbocycles. The first-order chi connectivity index (χ1) is 9.96. The first-order valence-electron chi connectivity index (χ1n) is 7.45. The van der Waals surface area contributed by atoms with E-state index in [9.17, 15) is 4.79 Å². The van der Waals surface area contributed by atoms with Crippen molar-refractivity contribution >= 4 is 16.8 Å². The molecule has 0 bridgehead atoms. The normalized spacial score (nSPS) is 21.4. The van der Waals surface area contributed by atoms with Gasteiger partial charge in [-0.3, -0.25) is 4.79 Å². The minimum atomic E-state index is -0.158. The molecular formula is C17H22N2O2. The SMILES string of the molecule is Cn1cc(C(=O)N[C@H]2CCOC(C)(C)C2)c2ccccc21. The Hall–Kier alpha value is -1.81. The van der Waals surface area contributed by atoms with Crippen LogP contribution >= 0.6 is 0 Å². The molecule has 1 saturated heterocycles. The van der Waals surface area contributed by atoms with Crippen LogP contribution in [0, 0.1) is 0 Å². The number of benzene rings is 1. The fraction of sp³-hybridized carbons (Fsp3) is 0.471. The Morgan fingerprint density at radius 2 is 2.14 bits per heavy atom. The second-order valence-electron chi connectivity index (χ2n) is 6.44. The predicted octanol–water partition coefficient (Wildman–Crippen LogP) is 2.87. The zero-order chi connectivity index (χ0) is 15.0. The van der Waals surface area contributed by atoms with Crippen LogP contribution in [0.1, 0.15) is 37.0 Å². The summed E-state index contributed by atoms with van der Waals surface area (Å²) in [5, 5.41) is 4.17. The molecule has 1 fully saturated rings. The number of nitrogens with one attached hydrogen (secondary N) is 1. The molecule has 0 spiro atoms. The fourth-order valence-corrected chi connectivity index (χ4v) is 3.14. The molecule has 4 heteroatoms. The van der Waals surface area contributed by atoms with Gasteiger partial charge in [0.25, 0.3) is 5.91 Å². The second-order valence-corrected chi connectivity index (χ2v) is 6.44. The van der Waals surface area contributed by atoms with E-state index in [0.29, 0.717) is 6.61 Å². The quantitative estimate of drug-likeness (QED) is 0.922. The molecule has 112 valence electrons. The van der Waals surface area contributed by atoms with Crippen LogP contribution in [0.4, 0.5) is 0 Å². The molecule has 1 aromatic heterocycles. The van der Waals surface area contributed by atoms with Crippen molar-refractivity contribution in [3.8, 4) is 0 Å². The third-order valence-electron chi connectivity index (χ3n) is 4.17. The van der Waals surface area contributed by atoms with Crippen LogP contribution in [-0.2, 0) is 11.8 Å². The van der Waals surface area contributed by atoms with Crippen LogP contribution in [0.5, 0.6) is 0 Å². The van der Waals surface area contributed by atoms with E-state index in [4.69, 9.17) is 4.74 Å². The first kappa shape index (κ1) is 14.1. The summed E-state index contributed by atoms with van der Waals surface area (Å²) in [6.45, 7) is 4.85. The highest BCUT2D eigenvalue weighted by Crippen LogP contribution is 2.25. The number of rotatable bonds is 2. The van der Waals surface area contributed by atoms with Crippen molar-refractivity contribution in [2.75, 3.05) is 6.61 Å². The van der Waals surface area contributed by atoms with Gasteiger partial charge >= 0.3 is 0 Å². The van der Waals surface area contributed by atoms with E-state index in [1.807, 2.05) is 42.1 Å². The molecule has 0 aliphatic carbocycles. The molecular weight excluding hydrogens is 264 g/mol. The summed E-state index contributed by atoms with van der Waals surface area (Å²) in [6, 6.07) is 8.17. The van der Waals surface area contributed by atoms with Crippen molar-refractivity contribution in [3.05, 3.63) is 36.0 Å². The van der Waals surface area contributed by atoms with Crippen LogP contribution in [0.15, 0.2) is 30.5 Å². The highest BCUT2D eigenvalue weighted by atomic mass is 16.5. The van der Waals surface area contributed by atoms with Gasteiger partial charge < -0.3 is 14.6 Å². The Morgan fingerprint density at radius 3 is 2.90 bits per heavy atom. The summed E-state index contributed by atoms with van der Waals surface area (Å²) in [5.74, 6) is 0.00880. The minimum absolute atomic E-state index is 0.00880. The molecule has 0 radical (unpaired) electrons. The largest absolute Gasteiger partial charge is 0.375 e. The van der Waals surface area contributed by atoms with Crippen LogP contribution in [0.25, 0.3) is 10.9 Å². The lowest BCUT2D eigenvalue weighted by Gasteiger charge is -2.35. The predicted molar refractivity (Wildman–Crippen MR) is 83.4 cm³/mol. The van der Waals surface area contributed by atoms with E-state index in [2.05, 4.69) is 19.2 Å². The summed E-state index contributed by atoms with van der Waals surface area (Å²) < 4.78 is 7.70. The number of hydrogen-bond acceptors (Lipinski definition) is 2. The van der Waals surface area contributed by atoms with Gasteiger partial charge in [0.05, 0.1) is 11.2 Å². The zero-order valence-electron chi connectivity index (χ0n) is 12.8. The first-order valence-corrected chi connectivity index (χ1v) is 7.45. The van der Waals surface area contributed by atoms with Gasteiger partial charge in [0.15, 0.2) is 0 Å². The van der Waals surface area contributed by atoms with Crippen molar-refractivity contribution < 1.29 is 9.53 Å². The molecule has 3 rings (SSSR count). The summed E-state index contributed by atoms with van der Waals surface area (Å²) in [5.41, 5.74) is 1.67. The van der Waals surface area contributed by atoms with Gasteiger partial charge in [-0.25, -0.2) is 0 Å². The van der Waals surface area contributed by atoms with Gasteiger partial charge in [-0.2, -0.15) is 0 Å². The minimum Gasteiger partial charge on any atom is -0.375 e. The molecule has 2 heterocycles. The van der Waals surface area contributed by atoms with Crippen LogP contribution in [0.2, 0.25) is 0 Å². The van der Waals surface area contributed by atoms with Crippen molar-refractivity contribution in [1.29, 1.82) is 0 Å². The second kappa shape index (κ2) is 5.19. The third-order valence-corrected chi connectivity index (χ3v) is 4.17. The zero-order valence-corrected chi connectivity index (χ0v) is 12.8. The number of hydrogen-bond donors (Lipinski definition) is 1. The molecule has 1 N–H and O–H groups in total. The summed E-state index contributed by atoms with van der Waals surface area (Å²) >= 11 is 0. The summed E-state index contributed by atoms with van der Waals surface area (Å²) in [7, 11) is 1.97. The van der Waals surface area contributed by atoms with E-state index in [1.54, 1.807) is 0 Å². The Kier molecular flexibility index (Phi) is 3.49. The lowest BCUT2D eigenvalue weighted by Crippen LogP contribution is -2.45. The fourth-order valence-electron chi connectivity index (χ4n) is 3.14. The van der Waals surface area contributed by atoms with Gasteiger partial charge in [-0.15, -0.1) is 0 Å². The number of fused-ring (bicyclic) bond motifs is 1. The van der Waals surface area contributed by atoms with E-state index in [-0.39, 0.29) is 17.6 Å². The number of carbonyl (C=O) groups excluding carboxylic acids is 1. The van der Waals surface area contributed by atoms with Crippen LogP contribution in [0.3, 0.4) is 0 Å². The smallest absolute Gasteiger partial charge is 0.253 e. The molecule has 2 aromatic rings. The summed E-state index contributed by atoms with van der Waals surface area (Å²) in [4.78, 5) is 12.6. The highest BCUT2D eigenvalue weighted by molar-refractivity contribution is 6.07. The number of aryl methyl sites for hydroxylation is 1.